The van der Waals surface area contributed by atoms with Crippen molar-refractivity contribution in [1.29, 1.82) is 0 Å². The fraction of sp³-hybridized carbons (Fsp3) is 0.316. The summed E-state index contributed by atoms with van der Waals surface area (Å²) < 4.78 is 2.36. The Kier molecular flexibility index (Phi) is 3.54. The Balaban J connectivity index is 2.14. The molecule has 2 heteroatoms. The van der Waals surface area contributed by atoms with E-state index in [1.54, 1.807) is 0 Å². The van der Waals surface area contributed by atoms with Crippen LogP contribution >= 0.6 is 0 Å². The molecule has 3 aromatic rings. The summed E-state index contributed by atoms with van der Waals surface area (Å²) in [6.07, 6.45) is 0.957. The van der Waals surface area contributed by atoms with Gasteiger partial charge in [-0.2, -0.15) is 0 Å². The van der Waals surface area contributed by atoms with Gasteiger partial charge in [-0.15, -0.1) is 0 Å². The van der Waals surface area contributed by atoms with Gasteiger partial charge in [0, 0.05) is 13.0 Å². The maximum Gasteiger partial charge on any atom is 0.109 e. The Hall–Kier alpha value is -2.09. The number of nitrogens with zero attached hydrogens (tertiary/aromatic N) is 2. The van der Waals surface area contributed by atoms with Crippen molar-refractivity contribution in [2.24, 2.45) is 0 Å². The normalized spacial score (nSPS) is 11.2. The van der Waals surface area contributed by atoms with Gasteiger partial charge in [0.1, 0.15) is 5.82 Å². The van der Waals surface area contributed by atoms with Gasteiger partial charge in [0.15, 0.2) is 0 Å². The van der Waals surface area contributed by atoms with Crippen molar-refractivity contribution in [3.63, 3.8) is 0 Å². The van der Waals surface area contributed by atoms with E-state index < -0.39 is 0 Å². The molecular formula is C19H22N2. The Morgan fingerprint density at radius 3 is 2.33 bits per heavy atom. The maximum atomic E-state index is 4.77. The number of fused-ring (bicyclic) bond motifs is 1. The van der Waals surface area contributed by atoms with Crippen LogP contribution in [0.5, 0.6) is 0 Å². The third-order valence-corrected chi connectivity index (χ3v) is 4.21. The van der Waals surface area contributed by atoms with E-state index in [1.165, 1.54) is 27.8 Å². The summed E-state index contributed by atoms with van der Waals surface area (Å²) in [5.74, 6) is 1.16. The number of aryl methyl sites for hydroxylation is 4. The molecule has 0 saturated carbocycles. The van der Waals surface area contributed by atoms with Crippen molar-refractivity contribution in [3.05, 3.63) is 64.5 Å². The Morgan fingerprint density at radius 1 is 1.00 bits per heavy atom. The highest BCUT2D eigenvalue weighted by Crippen LogP contribution is 2.22. The standard InChI is InChI=1S/C19H22N2/c1-5-19-20-17-8-6-7-9-18(17)21(19)12-16-14(3)10-13(2)11-15(16)4/h6-11H,5,12H2,1-4H3. The first-order valence-corrected chi connectivity index (χ1v) is 7.61. The van der Waals surface area contributed by atoms with Crippen LogP contribution in [0.15, 0.2) is 36.4 Å². The summed E-state index contributed by atoms with van der Waals surface area (Å²) >= 11 is 0. The Bertz CT molecular complexity index is 773. The van der Waals surface area contributed by atoms with Gasteiger partial charge in [-0.1, -0.05) is 36.8 Å². The third kappa shape index (κ3) is 2.46. The molecule has 0 atom stereocenters. The van der Waals surface area contributed by atoms with E-state index in [1.807, 2.05) is 0 Å². The zero-order valence-electron chi connectivity index (χ0n) is 13.3. The molecule has 0 aliphatic carbocycles. The molecule has 0 spiro atoms. The van der Waals surface area contributed by atoms with E-state index in [4.69, 9.17) is 4.98 Å². The van der Waals surface area contributed by atoms with E-state index in [2.05, 4.69) is 68.7 Å². The third-order valence-electron chi connectivity index (χ3n) is 4.21. The van der Waals surface area contributed by atoms with Crippen LogP contribution in [0.3, 0.4) is 0 Å². The van der Waals surface area contributed by atoms with Gasteiger partial charge in [-0.3, -0.25) is 0 Å². The van der Waals surface area contributed by atoms with Crippen molar-refractivity contribution >= 4 is 11.0 Å². The fourth-order valence-corrected chi connectivity index (χ4v) is 3.19. The molecule has 0 bridgehead atoms. The molecule has 0 N–H and O–H groups in total. The van der Waals surface area contributed by atoms with Gasteiger partial charge in [-0.25, -0.2) is 4.98 Å². The second kappa shape index (κ2) is 5.36. The monoisotopic (exact) mass is 278 g/mol. The molecule has 0 unspecified atom stereocenters. The van der Waals surface area contributed by atoms with Crippen LogP contribution in [-0.4, -0.2) is 9.55 Å². The second-order valence-corrected chi connectivity index (χ2v) is 5.83. The zero-order valence-corrected chi connectivity index (χ0v) is 13.3. The molecule has 1 aromatic heterocycles. The Morgan fingerprint density at radius 2 is 1.67 bits per heavy atom. The van der Waals surface area contributed by atoms with Crippen molar-refractivity contribution in [2.45, 2.75) is 40.7 Å². The number of imidazole rings is 1. The van der Waals surface area contributed by atoms with E-state index in [9.17, 15) is 0 Å². The largest absolute Gasteiger partial charge is 0.323 e. The number of benzene rings is 2. The van der Waals surface area contributed by atoms with Gasteiger partial charge in [0.05, 0.1) is 11.0 Å². The first kappa shape index (κ1) is 13.9. The van der Waals surface area contributed by atoms with Gasteiger partial charge >= 0.3 is 0 Å². The number of hydrogen-bond donors (Lipinski definition) is 0. The highest BCUT2D eigenvalue weighted by molar-refractivity contribution is 5.76. The van der Waals surface area contributed by atoms with Crippen LogP contribution in [0.2, 0.25) is 0 Å². The minimum Gasteiger partial charge on any atom is -0.323 e. The van der Waals surface area contributed by atoms with Crippen LogP contribution in [0, 0.1) is 20.8 Å². The fourth-order valence-electron chi connectivity index (χ4n) is 3.19. The average Bonchev–Trinajstić information content (AvgIpc) is 2.80. The summed E-state index contributed by atoms with van der Waals surface area (Å²) in [6.45, 7) is 9.65. The second-order valence-electron chi connectivity index (χ2n) is 5.83. The molecule has 3 rings (SSSR count). The van der Waals surface area contributed by atoms with Gasteiger partial charge in [0.25, 0.3) is 0 Å². The first-order chi connectivity index (χ1) is 10.1. The van der Waals surface area contributed by atoms with Crippen LogP contribution < -0.4 is 0 Å². The van der Waals surface area contributed by atoms with Crippen molar-refractivity contribution in [3.8, 4) is 0 Å². The van der Waals surface area contributed by atoms with E-state index in [-0.39, 0.29) is 0 Å². The molecule has 2 aromatic carbocycles. The molecule has 0 saturated heterocycles. The topological polar surface area (TPSA) is 17.8 Å². The highest BCUT2D eigenvalue weighted by Gasteiger charge is 2.12. The lowest BCUT2D eigenvalue weighted by atomic mass is 9.99. The zero-order chi connectivity index (χ0) is 15.0. The lowest BCUT2D eigenvalue weighted by molar-refractivity contribution is 0.746. The van der Waals surface area contributed by atoms with Crippen molar-refractivity contribution < 1.29 is 0 Å². The molecule has 1 heterocycles. The summed E-state index contributed by atoms with van der Waals surface area (Å²) in [5.41, 5.74) is 7.81. The number of hydrogen-bond acceptors (Lipinski definition) is 1. The van der Waals surface area contributed by atoms with Gasteiger partial charge in [0.2, 0.25) is 0 Å². The quantitative estimate of drug-likeness (QED) is 0.686. The molecule has 0 fully saturated rings. The SMILES string of the molecule is CCc1nc2ccccc2n1Cc1c(C)cc(C)cc1C. The minimum absolute atomic E-state index is 0.904. The smallest absolute Gasteiger partial charge is 0.109 e. The lowest BCUT2D eigenvalue weighted by Gasteiger charge is -2.14. The Labute approximate surface area is 126 Å². The molecule has 0 aliphatic heterocycles. The molecule has 0 radical (unpaired) electrons. The van der Waals surface area contributed by atoms with E-state index in [0.29, 0.717) is 0 Å². The number of aromatic nitrogens is 2. The predicted octanol–water partition coefficient (Wildman–Crippen LogP) is 4.57. The predicted molar refractivity (Wildman–Crippen MR) is 88.9 cm³/mol. The molecule has 0 aliphatic rings. The molecular weight excluding hydrogens is 256 g/mol. The van der Waals surface area contributed by atoms with Crippen LogP contribution in [-0.2, 0) is 13.0 Å². The van der Waals surface area contributed by atoms with E-state index in [0.717, 1.165) is 24.3 Å². The van der Waals surface area contributed by atoms with Crippen LogP contribution in [0.25, 0.3) is 11.0 Å². The molecule has 0 amide bonds. The number of para-hydroxylation sites is 2. The molecule has 21 heavy (non-hydrogen) atoms. The van der Waals surface area contributed by atoms with Crippen LogP contribution in [0.4, 0.5) is 0 Å². The van der Waals surface area contributed by atoms with Gasteiger partial charge in [-0.05, 0) is 49.6 Å². The summed E-state index contributed by atoms with van der Waals surface area (Å²) in [7, 11) is 0. The average molecular weight is 278 g/mol. The van der Waals surface area contributed by atoms with Crippen LogP contribution in [0.1, 0.15) is 35.0 Å². The summed E-state index contributed by atoms with van der Waals surface area (Å²) in [5, 5.41) is 0. The lowest BCUT2D eigenvalue weighted by Crippen LogP contribution is -2.07. The van der Waals surface area contributed by atoms with Crippen molar-refractivity contribution in [1.82, 2.24) is 9.55 Å². The van der Waals surface area contributed by atoms with Crippen molar-refractivity contribution in [2.75, 3.05) is 0 Å². The minimum atomic E-state index is 0.904. The highest BCUT2D eigenvalue weighted by atomic mass is 15.1. The first-order valence-electron chi connectivity index (χ1n) is 7.61. The molecule has 2 nitrogen and oxygen atoms in total. The molecule has 108 valence electrons. The maximum absolute atomic E-state index is 4.77. The van der Waals surface area contributed by atoms with Gasteiger partial charge < -0.3 is 4.57 Å². The van der Waals surface area contributed by atoms with E-state index >= 15 is 0 Å². The number of rotatable bonds is 3. The summed E-state index contributed by atoms with van der Waals surface area (Å²) in [4.78, 5) is 4.77. The summed E-state index contributed by atoms with van der Waals surface area (Å²) in [6, 6.07) is 13.0.